The van der Waals surface area contributed by atoms with E-state index in [-0.39, 0.29) is 23.8 Å². The molecule has 0 radical (unpaired) electrons. The SMILES string of the molecule is CC(C)c1nc(CC(=O)N2CCCN(S(=O)(=O)c3ccc(F)cc3)CC2)cs1. The third-order valence-corrected chi connectivity index (χ3v) is 7.76. The van der Waals surface area contributed by atoms with Crippen LogP contribution in [0.1, 0.15) is 36.9 Å². The summed E-state index contributed by atoms with van der Waals surface area (Å²) in [7, 11) is -3.70. The first-order chi connectivity index (χ1) is 13.3. The molecule has 1 amide bonds. The van der Waals surface area contributed by atoms with Crippen molar-refractivity contribution in [1.29, 1.82) is 0 Å². The van der Waals surface area contributed by atoms with Gasteiger partial charge in [-0.1, -0.05) is 13.8 Å². The number of halogens is 1. The summed E-state index contributed by atoms with van der Waals surface area (Å²) in [4.78, 5) is 18.9. The summed E-state index contributed by atoms with van der Waals surface area (Å²) in [5.41, 5.74) is 0.763. The normalized spacial score (nSPS) is 16.4. The van der Waals surface area contributed by atoms with Gasteiger partial charge in [-0.05, 0) is 30.7 Å². The van der Waals surface area contributed by atoms with Crippen LogP contribution in [-0.4, -0.2) is 54.7 Å². The molecule has 6 nitrogen and oxygen atoms in total. The van der Waals surface area contributed by atoms with Gasteiger partial charge in [0.25, 0.3) is 0 Å². The van der Waals surface area contributed by atoms with Crippen LogP contribution in [-0.2, 0) is 21.2 Å². The Bertz CT molecular complexity index is 926. The minimum absolute atomic E-state index is 0.0402. The van der Waals surface area contributed by atoms with Gasteiger partial charge in [0.15, 0.2) is 0 Å². The number of carbonyl (C=O) groups excluding carboxylic acids is 1. The van der Waals surface area contributed by atoms with Crippen LogP contribution in [0.15, 0.2) is 34.5 Å². The number of sulfonamides is 1. The number of carbonyl (C=O) groups is 1. The highest BCUT2D eigenvalue weighted by Gasteiger charge is 2.28. The molecule has 0 spiro atoms. The number of hydrogen-bond donors (Lipinski definition) is 0. The summed E-state index contributed by atoms with van der Waals surface area (Å²) in [6, 6.07) is 4.82. The molecule has 0 aliphatic carbocycles. The van der Waals surface area contributed by atoms with Crippen molar-refractivity contribution in [2.45, 2.75) is 37.5 Å². The quantitative estimate of drug-likeness (QED) is 0.739. The topological polar surface area (TPSA) is 70.6 Å². The first-order valence-corrected chi connectivity index (χ1v) is 11.6. The van der Waals surface area contributed by atoms with Crippen LogP contribution in [0, 0.1) is 5.82 Å². The third-order valence-electron chi connectivity index (χ3n) is 4.65. The summed E-state index contributed by atoms with van der Waals surface area (Å²) in [5, 5.41) is 2.92. The maximum absolute atomic E-state index is 13.1. The maximum atomic E-state index is 13.1. The van der Waals surface area contributed by atoms with Crippen LogP contribution >= 0.6 is 11.3 Å². The molecule has 2 heterocycles. The largest absolute Gasteiger partial charge is 0.341 e. The van der Waals surface area contributed by atoms with E-state index in [1.807, 2.05) is 5.38 Å². The van der Waals surface area contributed by atoms with Crippen LogP contribution in [0.5, 0.6) is 0 Å². The van der Waals surface area contributed by atoms with E-state index in [0.717, 1.165) is 22.8 Å². The molecule has 0 atom stereocenters. The number of hydrogen-bond acceptors (Lipinski definition) is 5. The minimum Gasteiger partial charge on any atom is -0.341 e. The fourth-order valence-electron chi connectivity index (χ4n) is 3.07. The fraction of sp³-hybridized carbons (Fsp3) is 0.474. The van der Waals surface area contributed by atoms with E-state index < -0.39 is 15.8 Å². The van der Waals surface area contributed by atoms with E-state index in [4.69, 9.17) is 0 Å². The molecule has 0 bridgehead atoms. The molecule has 9 heteroatoms. The Morgan fingerprint density at radius 2 is 1.89 bits per heavy atom. The van der Waals surface area contributed by atoms with Gasteiger partial charge in [0.05, 0.1) is 22.0 Å². The van der Waals surface area contributed by atoms with Crippen LogP contribution in [0.4, 0.5) is 4.39 Å². The Morgan fingerprint density at radius 1 is 1.18 bits per heavy atom. The fourth-order valence-corrected chi connectivity index (χ4v) is 5.38. The molecule has 1 aromatic heterocycles. The maximum Gasteiger partial charge on any atom is 0.243 e. The number of benzene rings is 1. The Kier molecular flexibility index (Phi) is 6.47. The highest BCUT2D eigenvalue weighted by molar-refractivity contribution is 7.89. The van der Waals surface area contributed by atoms with Crippen LogP contribution in [0.3, 0.4) is 0 Å². The lowest BCUT2D eigenvalue weighted by atomic mass is 10.2. The number of thiazole rings is 1. The second-order valence-electron chi connectivity index (χ2n) is 7.10. The van der Waals surface area contributed by atoms with Crippen LogP contribution < -0.4 is 0 Å². The van der Waals surface area contributed by atoms with Gasteiger partial charge in [-0.25, -0.2) is 17.8 Å². The average Bonchev–Trinajstić information content (AvgIpc) is 2.97. The Balaban J connectivity index is 1.63. The standard InChI is InChI=1S/C19H24FN3O3S2/c1-14(2)19-21-16(13-27-19)12-18(24)22-8-3-9-23(11-10-22)28(25,26)17-6-4-15(20)5-7-17/h4-7,13-14H,3,8-12H2,1-2H3. The van der Waals surface area contributed by atoms with Crippen molar-refractivity contribution in [1.82, 2.24) is 14.2 Å². The monoisotopic (exact) mass is 425 g/mol. The van der Waals surface area contributed by atoms with E-state index in [9.17, 15) is 17.6 Å². The third kappa shape index (κ3) is 4.76. The molecule has 1 fully saturated rings. The molecule has 0 unspecified atom stereocenters. The number of amides is 1. The van der Waals surface area contributed by atoms with Crippen LogP contribution in [0.2, 0.25) is 0 Å². The highest BCUT2D eigenvalue weighted by Crippen LogP contribution is 2.21. The van der Waals surface area contributed by atoms with Crippen molar-refractivity contribution in [3.8, 4) is 0 Å². The zero-order chi connectivity index (χ0) is 20.3. The highest BCUT2D eigenvalue weighted by atomic mass is 32.2. The van der Waals surface area contributed by atoms with Gasteiger partial charge in [-0.15, -0.1) is 11.3 Å². The first kappa shape index (κ1) is 20.9. The van der Waals surface area contributed by atoms with Gasteiger partial charge in [0, 0.05) is 37.5 Å². The molecule has 152 valence electrons. The predicted octanol–water partition coefficient (Wildman–Crippen LogP) is 2.87. The zero-order valence-corrected chi connectivity index (χ0v) is 17.6. The first-order valence-electron chi connectivity index (χ1n) is 9.25. The molecule has 0 saturated carbocycles. The molecule has 2 aromatic rings. The molecular formula is C19H24FN3O3S2. The molecule has 1 aromatic carbocycles. The van der Waals surface area contributed by atoms with E-state index in [1.165, 1.54) is 16.4 Å². The lowest BCUT2D eigenvalue weighted by Gasteiger charge is -2.22. The van der Waals surface area contributed by atoms with E-state index in [2.05, 4.69) is 18.8 Å². The summed E-state index contributed by atoms with van der Waals surface area (Å²) in [5.74, 6) is -0.187. The number of nitrogens with zero attached hydrogens (tertiary/aromatic N) is 3. The Hall–Kier alpha value is -1.84. The van der Waals surface area contributed by atoms with Crippen molar-refractivity contribution < 1.29 is 17.6 Å². The van der Waals surface area contributed by atoms with Crippen molar-refractivity contribution in [3.05, 3.63) is 46.2 Å². The minimum atomic E-state index is -3.70. The molecule has 28 heavy (non-hydrogen) atoms. The lowest BCUT2D eigenvalue weighted by Crippen LogP contribution is -2.38. The van der Waals surface area contributed by atoms with Crippen LogP contribution in [0.25, 0.3) is 0 Å². The predicted molar refractivity (Wildman–Crippen MR) is 106 cm³/mol. The van der Waals surface area contributed by atoms with Gasteiger partial charge in [0.1, 0.15) is 5.82 Å². The summed E-state index contributed by atoms with van der Waals surface area (Å²) >= 11 is 1.56. The second-order valence-corrected chi connectivity index (χ2v) is 9.93. The molecule has 1 aliphatic rings. The van der Waals surface area contributed by atoms with Crippen molar-refractivity contribution in [3.63, 3.8) is 0 Å². The average molecular weight is 426 g/mol. The van der Waals surface area contributed by atoms with Crippen molar-refractivity contribution in [2.24, 2.45) is 0 Å². The number of aromatic nitrogens is 1. The van der Waals surface area contributed by atoms with Gasteiger partial charge < -0.3 is 4.90 Å². The Labute approximate surface area is 169 Å². The number of rotatable bonds is 5. The summed E-state index contributed by atoms with van der Waals surface area (Å²) < 4.78 is 40.0. The van der Waals surface area contributed by atoms with E-state index in [1.54, 1.807) is 16.2 Å². The van der Waals surface area contributed by atoms with Gasteiger partial charge in [-0.2, -0.15) is 4.31 Å². The van der Waals surface area contributed by atoms with Crippen molar-refractivity contribution >= 4 is 27.3 Å². The molecule has 1 aliphatic heterocycles. The molecular weight excluding hydrogens is 401 g/mol. The molecule has 3 rings (SSSR count). The van der Waals surface area contributed by atoms with Gasteiger partial charge in [0.2, 0.25) is 15.9 Å². The lowest BCUT2D eigenvalue weighted by molar-refractivity contribution is -0.130. The zero-order valence-electron chi connectivity index (χ0n) is 16.0. The summed E-state index contributed by atoms with van der Waals surface area (Å²) in [6.07, 6.45) is 0.786. The van der Waals surface area contributed by atoms with Gasteiger partial charge in [-0.3, -0.25) is 4.79 Å². The van der Waals surface area contributed by atoms with Crippen molar-refractivity contribution in [2.75, 3.05) is 26.2 Å². The molecule has 1 saturated heterocycles. The molecule has 0 N–H and O–H groups in total. The van der Waals surface area contributed by atoms with E-state index >= 15 is 0 Å². The van der Waals surface area contributed by atoms with Gasteiger partial charge >= 0.3 is 0 Å². The smallest absolute Gasteiger partial charge is 0.243 e. The summed E-state index contributed by atoms with van der Waals surface area (Å²) in [6.45, 7) is 5.53. The Morgan fingerprint density at radius 3 is 2.54 bits per heavy atom. The van der Waals surface area contributed by atoms with E-state index in [0.29, 0.717) is 32.0 Å². The second kappa shape index (κ2) is 8.67.